The van der Waals surface area contributed by atoms with Gasteiger partial charge < -0.3 is 10.6 Å². The normalized spacial score (nSPS) is 23.0. The molecule has 0 unspecified atom stereocenters. The van der Waals surface area contributed by atoms with Gasteiger partial charge in [0.15, 0.2) is 0 Å². The fourth-order valence-electron chi connectivity index (χ4n) is 2.62. The van der Waals surface area contributed by atoms with Crippen LogP contribution in [0.5, 0.6) is 0 Å². The van der Waals surface area contributed by atoms with Gasteiger partial charge in [-0.2, -0.15) is 0 Å². The van der Waals surface area contributed by atoms with E-state index in [4.69, 9.17) is 5.73 Å². The molecule has 2 heteroatoms. The number of hydrogen-bond donors (Lipinski definition) is 1. The van der Waals surface area contributed by atoms with Crippen molar-refractivity contribution in [2.24, 2.45) is 5.41 Å². The molecule has 2 N–H and O–H groups in total. The van der Waals surface area contributed by atoms with Gasteiger partial charge in [0, 0.05) is 29.9 Å². The van der Waals surface area contributed by atoms with Gasteiger partial charge in [0.05, 0.1) is 0 Å². The Bertz CT molecular complexity index is 330. The summed E-state index contributed by atoms with van der Waals surface area (Å²) in [6, 6.07) is 8.23. The van der Waals surface area contributed by atoms with E-state index in [2.05, 4.69) is 17.0 Å². The lowest BCUT2D eigenvalue weighted by atomic mass is 9.63. The molecule has 3 rings (SSSR count). The van der Waals surface area contributed by atoms with Crippen molar-refractivity contribution in [1.29, 1.82) is 0 Å². The molecule has 1 aromatic rings. The second kappa shape index (κ2) is 2.66. The molecule has 0 radical (unpaired) electrons. The standard InChI is InChI=1S/C12H16N2/c13-10-2-4-11(5-3-10)14-8-12(9-14)6-1-7-12/h2-5H,1,6-9,13H2. The smallest absolute Gasteiger partial charge is 0.0368 e. The fourth-order valence-corrected chi connectivity index (χ4v) is 2.62. The monoisotopic (exact) mass is 188 g/mol. The number of anilines is 2. The molecular weight excluding hydrogens is 172 g/mol. The third-order valence-electron chi connectivity index (χ3n) is 3.72. The van der Waals surface area contributed by atoms with Crippen LogP contribution >= 0.6 is 0 Å². The Labute approximate surface area is 84.7 Å². The summed E-state index contributed by atoms with van der Waals surface area (Å²) in [6.45, 7) is 2.52. The van der Waals surface area contributed by atoms with Gasteiger partial charge >= 0.3 is 0 Å². The molecule has 1 spiro atoms. The summed E-state index contributed by atoms with van der Waals surface area (Å²) in [5, 5.41) is 0. The number of rotatable bonds is 1. The van der Waals surface area contributed by atoms with Crippen LogP contribution in [0, 0.1) is 5.41 Å². The number of nitrogens with two attached hydrogens (primary N) is 1. The maximum absolute atomic E-state index is 5.66. The summed E-state index contributed by atoms with van der Waals surface area (Å²) in [5.41, 5.74) is 8.55. The zero-order chi connectivity index (χ0) is 9.60. The number of hydrogen-bond acceptors (Lipinski definition) is 2. The molecule has 2 aliphatic rings. The van der Waals surface area contributed by atoms with E-state index in [0.29, 0.717) is 5.41 Å². The van der Waals surface area contributed by atoms with Crippen LogP contribution in [0.15, 0.2) is 24.3 Å². The van der Waals surface area contributed by atoms with Crippen molar-refractivity contribution in [3.63, 3.8) is 0 Å². The lowest BCUT2D eigenvalue weighted by Gasteiger charge is -2.57. The van der Waals surface area contributed by atoms with Crippen molar-refractivity contribution in [3.05, 3.63) is 24.3 Å². The second-order valence-electron chi connectivity index (χ2n) is 4.80. The average molecular weight is 188 g/mol. The van der Waals surface area contributed by atoms with Gasteiger partial charge in [-0.1, -0.05) is 6.42 Å². The van der Waals surface area contributed by atoms with E-state index in [0.717, 1.165) is 5.69 Å². The van der Waals surface area contributed by atoms with E-state index in [1.54, 1.807) is 0 Å². The number of nitrogens with zero attached hydrogens (tertiary/aromatic N) is 1. The minimum atomic E-state index is 0.710. The van der Waals surface area contributed by atoms with Crippen LogP contribution in [0.2, 0.25) is 0 Å². The van der Waals surface area contributed by atoms with E-state index in [9.17, 15) is 0 Å². The van der Waals surface area contributed by atoms with Crippen molar-refractivity contribution < 1.29 is 0 Å². The molecule has 0 bridgehead atoms. The predicted octanol–water partition coefficient (Wildman–Crippen LogP) is 2.26. The SMILES string of the molecule is Nc1ccc(N2CC3(CCC3)C2)cc1. The molecule has 1 aromatic carbocycles. The van der Waals surface area contributed by atoms with E-state index in [1.165, 1.54) is 38.0 Å². The van der Waals surface area contributed by atoms with E-state index in [1.807, 2.05) is 12.1 Å². The third kappa shape index (κ3) is 1.10. The second-order valence-corrected chi connectivity index (χ2v) is 4.80. The molecule has 14 heavy (non-hydrogen) atoms. The van der Waals surface area contributed by atoms with E-state index in [-0.39, 0.29) is 0 Å². The summed E-state index contributed by atoms with van der Waals surface area (Å²) < 4.78 is 0. The van der Waals surface area contributed by atoms with Gasteiger partial charge in [-0.05, 0) is 37.1 Å². The summed E-state index contributed by atoms with van der Waals surface area (Å²) >= 11 is 0. The van der Waals surface area contributed by atoms with Gasteiger partial charge in [-0.15, -0.1) is 0 Å². The highest BCUT2D eigenvalue weighted by molar-refractivity contribution is 5.55. The van der Waals surface area contributed by atoms with Crippen molar-refractivity contribution in [2.45, 2.75) is 19.3 Å². The molecule has 1 heterocycles. The molecule has 1 saturated heterocycles. The van der Waals surface area contributed by atoms with Gasteiger partial charge in [-0.25, -0.2) is 0 Å². The van der Waals surface area contributed by atoms with Crippen LogP contribution in [0.3, 0.4) is 0 Å². The van der Waals surface area contributed by atoms with E-state index < -0.39 is 0 Å². The Morgan fingerprint density at radius 2 is 1.71 bits per heavy atom. The van der Waals surface area contributed by atoms with Gasteiger partial charge in [-0.3, -0.25) is 0 Å². The Kier molecular flexibility index (Phi) is 1.55. The molecule has 0 atom stereocenters. The van der Waals surface area contributed by atoms with Crippen LogP contribution in [-0.4, -0.2) is 13.1 Å². The highest BCUT2D eigenvalue weighted by Crippen LogP contribution is 2.49. The zero-order valence-electron chi connectivity index (χ0n) is 8.37. The third-order valence-corrected chi connectivity index (χ3v) is 3.72. The molecule has 1 aliphatic carbocycles. The Hall–Kier alpha value is -1.18. The Balaban J connectivity index is 1.70. The van der Waals surface area contributed by atoms with Crippen LogP contribution in [0.1, 0.15) is 19.3 Å². The lowest BCUT2D eigenvalue weighted by Crippen LogP contribution is -2.59. The fraction of sp³-hybridized carbons (Fsp3) is 0.500. The summed E-state index contributed by atoms with van der Waals surface area (Å²) in [6.07, 6.45) is 4.33. The Morgan fingerprint density at radius 3 is 2.21 bits per heavy atom. The zero-order valence-corrected chi connectivity index (χ0v) is 8.37. The summed E-state index contributed by atoms with van der Waals surface area (Å²) in [5.74, 6) is 0. The maximum atomic E-state index is 5.66. The van der Waals surface area contributed by atoms with Crippen LogP contribution in [-0.2, 0) is 0 Å². The first-order valence-electron chi connectivity index (χ1n) is 5.38. The first-order valence-corrected chi connectivity index (χ1v) is 5.38. The predicted molar refractivity (Wildman–Crippen MR) is 59.4 cm³/mol. The molecule has 1 saturated carbocycles. The van der Waals surface area contributed by atoms with Gasteiger partial charge in [0.1, 0.15) is 0 Å². The molecule has 2 nitrogen and oxygen atoms in total. The van der Waals surface area contributed by atoms with Crippen molar-refractivity contribution in [3.8, 4) is 0 Å². The van der Waals surface area contributed by atoms with Crippen LogP contribution in [0.4, 0.5) is 11.4 Å². The molecule has 0 aromatic heterocycles. The Morgan fingerprint density at radius 1 is 1.07 bits per heavy atom. The summed E-state index contributed by atoms with van der Waals surface area (Å²) in [7, 11) is 0. The first-order chi connectivity index (χ1) is 6.77. The van der Waals surface area contributed by atoms with Crippen molar-refractivity contribution >= 4 is 11.4 Å². The van der Waals surface area contributed by atoms with Gasteiger partial charge in [0.25, 0.3) is 0 Å². The molecule has 0 amide bonds. The molecule has 74 valence electrons. The molecule has 1 aliphatic heterocycles. The van der Waals surface area contributed by atoms with Crippen LogP contribution < -0.4 is 10.6 Å². The average Bonchev–Trinajstić information content (AvgIpc) is 2.03. The van der Waals surface area contributed by atoms with Gasteiger partial charge in [0.2, 0.25) is 0 Å². The topological polar surface area (TPSA) is 29.3 Å². The quantitative estimate of drug-likeness (QED) is 0.685. The largest absolute Gasteiger partial charge is 0.399 e. The summed E-state index contributed by atoms with van der Waals surface area (Å²) in [4.78, 5) is 2.46. The van der Waals surface area contributed by atoms with Crippen molar-refractivity contribution in [2.75, 3.05) is 23.7 Å². The van der Waals surface area contributed by atoms with Crippen LogP contribution in [0.25, 0.3) is 0 Å². The lowest BCUT2D eigenvalue weighted by molar-refractivity contribution is 0.0904. The molecular formula is C12H16N2. The minimum Gasteiger partial charge on any atom is -0.399 e. The highest BCUT2D eigenvalue weighted by atomic mass is 15.2. The minimum absolute atomic E-state index is 0.710. The highest BCUT2D eigenvalue weighted by Gasteiger charge is 2.47. The molecule has 2 fully saturated rings. The first kappa shape index (κ1) is 8.16. The number of benzene rings is 1. The number of nitrogen functional groups attached to an aromatic ring is 1. The van der Waals surface area contributed by atoms with Crippen molar-refractivity contribution in [1.82, 2.24) is 0 Å². The maximum Gasteiger partial charge on any atom is 0.0368 e. The van der Waals surface area contributed by atoms with E-state index >= 15 is 0 Å².